The van der Waals surface area contributed by atoms with Crippen LogP contribution in [0.1, 0.15) is 25.0 Å². The topological polar surface area (TPSA) is 23.8 Å². The Hall–Kier alpha value is -1.50. The molecule has 0 atom stereocenters. The molecule has 1 aromatic rings. The summed E-state index contributed by atoms with van der Waals surface area (Å²) in [6.45, 7) is 2.49. The molecule has 0 saturated heterocycles. The minimum absolute atomic E-state index is 0.0339. The number of nitrogens with zero attached hydrogens (tertiary/aromatic N) is 1. The molecule has 0 aliphatic carbocycles. The molecule has 0 heterocycles. The first-order valence-electron chi connectivity index (χ1n) is 4.40. The zero-order chi connectivity index (χ0) is 11.6. The summed E-state index contributed by atoms with van der Waals surface area (Å²) in [7, 11) is 0. The van der Waals surface area contributed by atoms with Crippen LogP contribution in [0.3, 0.4) is 0 Å². The molecule has 0 unspecified atom stereocenters. The fourth-order valence-corrected chi connectivity index (χ4v) is 1.20. The summed E-state index contributed by atoms with van der Waals surface area (Å²) >= 11 is 0. The van der Waals surface area contributed by atoms with E-state index in [-0.39, 0.29) is 17.5 Å². The molecule has 0 N–H and O–H groups in total. The van der Waals surface area contributed by atoms with Crippen LogP contribution in [0.4, 0.5) is 13.2 Å². The van der Waals surface area contributed by atoms with Crippen molar-refractivity contribution in [3.8, 4) is 6.07 Å². The number of hydrogen-bond donors (Lipinski definition) is 0. The van der Waals surface area contributed by atoms with Crippen LogP contribution in [0.5, 0.6) is 0 Å². The molecule has 0 spiro atoms. The van der Waals surface area contributed by atoms with E-state index in [1.807, 2.05) is 0 Å². The van der Waals surface area contributed by atoms with E-state index in [0.717, 1.165) is 6.07 Å². The summed E-state index contributed by atoms with van der Waals surface area (Å²) in [5, 5.41) is 8.40. The van der Waals surface area contributed by atoms with E-state index in [1.165, 1.54) is 19.9 Å². The van der Waals surface area contributed by atoms with Crippen LogP contribution in [0.2, 0.25) is 0 Å². The molecule has 1 aromatic carbocycles. The highest BCUT2D eigenvalue weighted by atomic mass is 19.2. The van der Waals surface area contributed by atoms with Crippen molar-refractivity contribution >= 4 is 0 Å². The van der Waals surface area contributed by atoms with Gasteiger partial charge in [0.15, 0.2) is 11.6 Å². The summed E-state index contributed by atoms with van der Waals surface area (Å²) in [6.07, 6.45) is -0.271. The van der Waals surface area contributed by atoms with Crippen LogP contribution in [-0.2, 0) is 12.1 Å². The lowest BCUT2D eigenvalue weighted by molar-refractivity contribution is 0.220. The maximum absolute atomic E-state index is 13.5. The smallest absolute Gasteiger partial charge is 0.163 e. The van der Waals surface area contributed by atoms with Crippen LogP contribution in [0, 0.1) is 23.0 Å². The van der Waals surface area contributed by atoms with Crippen molar-refractivity contribution in [1.29, 1.82) is 5.26 Å². The minimum atomic E-state index is -1.75. The summed E-state index contributed by atoms with van der Waals surface area (Å²) in [5.74, 6) is -2.20. The third-order valence-corrected chi connectivity index (χ3v) is 2.06. The Bertz CT molecular complexity index is 413. The first-order chi connectivity index (χ1) is 6.86. The number of hydrogen-bond acceptors (Lipinski definition) is 1. The fraction of sp³-hybridized carbons (Fsp3) is 0.364. The van der Waals surface area contributed by atoms with Gasteiger partial charge in [-0.15, -0.1) is 0 Å². The average molecular weight is 213 g/mol. The van der Waals surface area contributed by atoms with Gasteiger partial charge in [-0.3, -0.25) is 0 Å². The quantitative estimate of drug-likeness (QED) is 0.739. The predicted octanol–water partition coefficient (Wildman–Crippen LogP) is 3.24. The van der Waals surface area contributed by atoms with Crippen molar-refractivity contribution in [3.63, 3.8) is 0 Å². The number of halogens is 3. The van der Waals surface area contributed by atoms with Crippen LogP contribution in [0.15, 0.2) is 12.1 Å². The van der Waals surface area contributed by atoms with E-state index in [1.54, 1.807) is 6.07 Å². The summed E-state index contributed by atoms with van der Waals surface area (Å²) in [5.41, 5.74) is -1.83. The monoisotopic (exact) mass is 213 g/mol. The van der Waals surface area contributed by atoms with E-state index in [9.17, 15) is 13.2 Å². The highest BCUT2D eigenvalue weighted by Crippen LogP contribution is 2.27. The van der Waals surface area contributed by atoms with Gasteiger partial charge in [-0.1, -0.05) is 0 Å². The maximum Gasteiger partial charge on any atom is 0.163 e. The number of nitriles is 1. The molecule has 0 amide bonds. The molecule has 0 aliphatic rings. The van der Waals surface area contributed by atoms with Gasteiger partial charge >= 0.3 is 0 Å². The number of rotatable bonds is 2. The summed E-state index contributed by atoms with van der Waals surface area (Å²) in [4.78, 5) is 0. The van der Waals surface area contributed by atoms with Crippen molar-refractivity contribution in [3.05, 3.63) is 34.9 Å². The van der Waals surface area contributed by atoms with E-state index < -0.39 is 17.3 Å². The number of alkyl halides is 1. The molecule has 0 bridgehead atoms. The molecule has 4 heteroatoms. The van der Waals surface area contributed by atoms with E-state index in [4.69, 9.17) is 5.26 Å². The Labute approximate surface area is 86.1 Å². The normalized spacial score (nSPS) is 11.2. The van der Waals surface area contributed by atoms with Gasteiger partial charge in [0.05, 0.1) is 12.5 Å². The lowest BCUT2D eigenvalue weighted by Gasteiger charge is -2.16. The first kappa shape index (κ1) is 11.6. The number of benzene rings is 1. The van der Waals surface area contributed by atoms with E-state index in [0.29, 0.717) is 0 Å². The largest absolute Gasteiger partial charge is 0.239 e. The van der Waals surface area contributed by atoms with Gasteiger partial charge < -0.3 is 0 Å². The van der Waals surface area contributed by atoms with Gasteiger partial charge in [0, 0.05) is 5.56 Å². The Morgan fingerprint density at radius 3 is 2.40 bits per heavy atom. The summed E-state index contributed by atoms with van der Waals surface area (Å²) < 4.78 is 39.6. The molecule has 0 saturated carbocycles. The van der Waals surface area contributed by atoms with Crippen LogP contribution >= 0.6 is 0 Å². The lowest BCUT2D eigenvalue weighted by atomic mass is 9.96. The molecule has 1 rings (SSSR count). The van der Waals surface area contributed by atoms with Gasteiger partial charge in [-0.2, -0.15) is 5.26 Å². The Morgan fingerprint density at radius 1 is 1.33 bits per heavy atom. The molecule has 0 radical (unpaired) electrons. The van der Waals surface area contributed by atoms with Gasteiger partial charge in [-0.25, -0.2) is 13.2 Å². The third kappa shape index (κ3) is 2.50. The Balaban J connectivity index is 3.31. The van der Waals surface area contributed by atoms with Crippen molar-refractivity contribution in [2.24, 2.45) is 0 Å². The van der Waals surface area contributed by atoms with E-state index >= 15 is 0 Å². The lowest BCUT2D eigenvalue weighted by Crippen LogP contribution is -2.11. The molecule has 15 heavy (non-hydrogen) atoms. The Kier molecular flexibility index (Phi) is 3.04. The van der Waals surface area contributed by atoms with Gasteiger partial charge in [0.1, 0.15) is 5.67 Å². The van der Waals surface area contributed by atoms with Crippen LogP contribution < -0.4 is 0 Å². The highest BCUT2D eigenvalue weighted by Gasteiger charge is 2.22. The second kappa shape index (κ2) is 3.93. The van der Waals surface area contributed by atoms with E-state index in [2.05, 4.69) is 0 Å². The van der Waals surface area contributed by atoms with Gasteiger partial charge in [-0.05, 0) is 31.5 Å². The molecular formula is C11H10F3N. The average Bonchev–Trinajstić information content (AvgIpc) is 2.11. The van der Waals surface area contributed by atoms with Gasteiger partial charge in [0.2, 0.25) is 0 Å². The standard InChI is InChI=1S/C11H10F3N/c1-11(2,14)8-5-7(3-4-15)10(13)9(12)6-8/h5-6H,3H2,1-2H3. The van der Waals surface area contributed by atoms with Crippen molar-refractivity contribution < 1.29 is 13.2 Å². The fourth-order valence-electron chi connectivity index (χ4n) is 1.20. The second-order valence-electron chi connectivity index (χ2n) is 3.74. The molecule has 80 valence electrons. The maximum atomic E-state index is 13.5. The van der Waals surface area contributed by atoms with Crippen molar-refractivity contribution in [2.45, 2.75) is 25.9 Å². The molecule has 0 aliphatic heterocycles. The highest BCUT2D eigenvalue weighted by molar-refractivity contribution is 5.31. The van der Waals surface area contributed by atoms with Crippen LogP contribution in [-0.4, -0.2) is 0 Å². The molecule has 1 nitrogen and oxygen atoms in total. The zero-order valence-electron chi connectivity index (χ0n) is 8.44. The van der Waals surface area contributed by atoms with Crippen molar-refractivity contribution in [1.82, 2.24) is 0 Å². The Morgan fingerprint density at radius 2 is 1.93 bits per heavy atom. The third-order valence-electron chi connectivity index (χ3n) is 2.06. The SMILES string of the molecule is CC(C)(F)c1cc(F)c(F)c(CC#N)c1. The summed E-state index contributed by atoms with van der Waals surface area (Å²) in [6, 6.07) is 3.70. The molecule has 0 aromatic heterocycles. The predicted molar refractivity (Wildman–Crippen MR) is 49.8 cm³/mol. The van der Waals surface area contributed by atoms with Gasteiger partial charge in [0.25, 0.3) is 0 Å². The first-order valence-corrected chi connectivity index (χ1v) is 4.40. The van der Waals surface area contributed by atoms with Crippen LogP contribution in [0.25, 0.3) is 0 Å². The molecular weight excluding hydrogens is 203 g/mol. The molecule has 0 fully saturated rings. The van der Waals surface area contributed by atoms with Crippen molar-refractivity contribution in [2.75, 3.05) is 0 Å². The second-order valence-corrected chi connectivity index (χ2v) is 3.74. The zero-order valence-corrected chi connectivity index (χ0v) is 8.44. The minimum Gasteiger partial charge on any atom is -0.239 e.